The Morgan fingerprint density at radius 1 is 1.17 bits per heavy atom. The number of benzene rings is 1. The molecular weight excluding hydrogens is 420 g/mol. The van der Waals surface area contributed by atoms with E-state index in [0.717, 1.165) is 42.5 Å². The molecule has 0 bridgehead atoms. The zero-order valence-corrected chi connectivity index (χ0v) is 17.9. The van der Waals surface area contributed by atoms with Crippen molar-refractivity contribution in [3.8, 4) is 0 Å². The molecule has 1 N–H and O–H groups in total. The van der Waals surface area contributed by atoms with E-state index in [1.807, 2.05) is 12.1 Å². The number of hydrogen-bond donors (Lipinski definition) is 1. The van der Waals surface area contributed by atoms with Crippen molar-refractivity contribution < 1.29 is 4.79 Å². The van der Waals surface area contributed by atoms with Crippen LogP contribution in [0.2, 0.25) is 5.02 Å². The molecule has 1 amide bonds. The van der Waals surface area contributed by atoms with Crippen LogP contribution in [0.1, 0.15) is 29.7 Å². The minimum atomic E-state index is -0.278. The summed E-state index contributed by atoms with van der Waals surface area (Å²) in [5, 5.41) is 4.13. The highest BCUT2D eigenvalue weighted by Crippen LogP contribution is 2.29. The summed E-state index contributed by atoms with van der Waals surface area (Å²) in [6.45, 7) is 0.462. The quantitative estimate of drug-likeness (QED) is 0.464. The molecule has 0 saturated heterocycles. The number of nitrogens with zero attached hydrogens (tertiary/aromatic N) is 3. The predicted octanol–water partition coefficient (Wildman–Crippen LogP) is 3.95. The standard InChI is InChI=1S/C22H21ClN4O2S/c23-16-7-9-17(10-8-16)25-20(28)14-30-21-18-5-1-2-6-19(18)27(22(29)26-21)13-15-4-3-11-24-12-15/h3-4,7-12H,1-2,5-6,13-14H2,(H,25,28). The van der Waals surface area contributed by atoms with Crippen molar-refractivity contribution in [2.45, 2.75) is 37.3 Å². The molecule has 0 fully saturated rings. The summed E-state index contributed by atoms with van der Waals surface area (Å²) in [4.78, 5) is 33.6. The maximum Gasteiger partial charge on any atom is 0.349 e. The maximum atomic E-state index is 12.8. The van der Waals surface area contributed by atoms with E-state index in [2.05, 4.69) is 15.3 Å². The number of thioether (sulfide) groups is 1. The average molecular weight is 441 g/mol. The fraction of sp³-hybridized carbons (Fsp3) is 0.273. The van der Waals surface area contributed by atoms with Crippen LogP contribution in [0.3, 0.4) is 0 Å². The molecule has 2 aromatic heterocycles. The third kappa shape index (κ3) is 4.91. The highest BCUT2D eigenvalue weighted by atomic mass is 35.5. The van der Waals surface area contributed by atoms with Gasteiger partial charge >= 0.3 is 5.69 Å². The van der Waals surface area contributed by atoms with Crippen molar-refractivity contribution in [1.82, 2.24) is 14.5 Å². The molecule has 1 aliphatic carbocycles. The monoisotopic (exact) mass is 440 g/mol. The first kappa shape index (κ1) is 20.6. The van der Waals surface area contributed by atoms with Crippen molar-refractivity contribution in [1.29, 1.82) is 0 Å². The molecule has 0 atom stereocenters. The molecule has 0 saturated carbocycles. The number of pyridine rings is 1. The first-order chi connectivity index (χ1) is 14.6. The Morgan fingerprint density at radius 2 is 1.97 bits per heavy atom. The highest BCUT2D eigenvalue weighted by Gasteiger charge is 2.21. The summed E-state index contributed by atoms with van der Waals surface area (Å²) in [5.74, 6) is 0.0434. The van der Waals surface area contributed by atoms with Crippen LogP contribution in [-0.2, 0) is 24.2 Å². The molecule has 3 aromatic rings. The van der Waals surface area contributed by atoms with Gasteiger partial charge in [0.1, 0.15) is 5.03 Å². The summed E-state index contributed by atoms with van der Waals surface area (Å²) in [6.07, 6.45) is 7.31. The number of halogens is 1. The second kappa shape index (κ2) is 9.45. The minimum absolute atomic E-state index is 0.145. The van der Waals surface area contributed by atoms with Crippen LogP contribution < -0.4 is 11.0 Å². The number of fused-ring (bicyclic) bond motifs is 1. The molecule has 30 heavy (non-hydrogen) atoms. The molecule has 0 radical (unpaired) electrons. The van der Waals surface area contributed by atoms with Gasteiger partial charge in [-0.3, -0.25) is 14.3 Å². The van der Waals surface area contributed by atoms with Gasteiger partial charge in [0.05, 0.1) is 12.3 Å². The van der Waals surface area contributed by atoms with Crippen LogP contribution in [0.25, 0.3) is 0 Å². The third-order valence-corrected chi connectivity index (χ3v) is 6.25. The molecule has 2 heterocycles. The Hall–Kier alpha value is -2.64. The van der Waals surface area contributed by atoms with Gasteiger partial charge in [-0.15, -0.1) is 0 Å². The molecule has 8 heteroatoms. The lowest BCUT2D eigenvalue weighted by molar-refractivity contribution is -0.113. The third-order valence-electron chi connectivity index (χ3n) is 4.98. The Labute approximate surface area is 183 Å². The molecule has 0 aliphatic heterocycles. The van der Waals surface area contributed by atoms with Crippen LogP contribution >= 0.6 is 23.4 Å². The Balaban J connectivity index is 1.52. The molecule has 4 rings (SSSR count). The Bertz CT molecular complexity index is 1100. The fourth-order valence-corrected chi connectivity index (χ4v) is 4.57. The first-order valence-corrected chi connectivity index (χ1v) is 11.2. The molecular formula is C22H21ClN4O2S. The molecule has 1 aliphatic rings. The number of hydrogen-bond acceptors (Lipinski definition) is 5. The summed E-state index contributed by atoms with van der Waals surface area (Å²) in [5.41, 5.74) is 3.50. The molecule has 6 nitrogen and oxygen atoms in total. The van der Waals surface area contributed by atoms with Crippen molar-refractivity contribution in [3.63, 3.8) is 0 Å². The van der Waals surface area contributed by atoms with Gasteiger partial charge in [0.15, 0.2) is 0 Å². The van der Waals surface area contributed by atoms with Gasteiger partial charge in [0.25, 0.3) is 0 Å². The van der Waals surface area contributed by atoms with E-state index in [0.29, 0.717) is 22.3 Å². The van der Waals surface area contributed by atoms with E-state index in [-0.39, 0.29) is 17.3 Å². The molecule has 1 aromatic carbocycles. The zero-order valence-electron chi connectivity index (χ0n) is 16.3. The van der Waals surface area contributed by atoms with Crippen molar-refractivity contribution in [2.24, 2.45) is 0 Å². The van der Waals surface area contributed by atoms with Gasteiger partial charge in [-0.25, -0.2) is 4.79 Å². The van der Waals surface area contributed by atoms with Gasteiger partial charge < -0.3 is 5.32 Å². The van der Waals surface area contributed by atoms with Gasteiger partial charge in [-0.2, -0.15) is 4.98 Å². The fourth-order valence-electron chi connectivity index (χ4n) is 3.57. The van der Waals surface area contributed by atoms with Gasteiger partial charge in [-0.05, 0) is 61.6 Å². The molecule has 0 spiro atoms. The summed E-state index contributed by atoms with van der Waals surface area (Å²) in [7, 11) is 0. The molecule has 154 valence electrons. The van der Waals surface area contributed by atoms with Crippen LogP contribution in [0.4, 0.5) is 5.69 Å². The SMILES string of the molecule is O=C(CSc1nc(=O)n(Cc2cccnc2)c2c1CCCC2)Nc1ccc(Cl)cc1. The van der Waals surface area contributed by atoms with Gasteiger partial charge in [-0.1, -0.05) is 29.4 Å². The van der Waals surface area contributed by atoms with Gasteiger partial charge in [0, 0.05) is 34.4 Å². The second-order valence-electron chi connectivity index (χ2n) is 7.12. The van der Waals surface area contributed by atoms with E-state index < -0.39 is 0 Å². The van der Waals surface area contributed by atoms with E-state index in [4.69, 9.17) is 11.6 Å². The number of carbonyl (C=O) groups excluding carboxylic acids is 1. The van der Waals surface area contributed by atoms with Crippen molar-refractivity contribution in [3.05, 3.63) is 81.1 Å². The zero-order chi connectivity index (χ0) is 20.9. The summed E-state index contributed by atoms with van der Waals surface area (Å²) >= 11 is 7.20. The van der Waals surface area contributed by atoms with E-state index in [1.54, 1.807) is 41.2 Å². The van der Waals surface area contributed by atoms with Crippen LogP contribution in [0.5, 0.6) is 0 Å². The van der Waals surface area contributed by atoms with Crippen LogP contribution in [0.15, 0.2) is 58.6 Å². The number of rotatable bonds is 6. The normalized spacial score (nSPS) is 13.0. The lowest BCUT2D eigenvalue weighted by atomic mass is 9.97. The second-order valence-corrected chi connectivity index (χ2v) is 8.52. The van der Waals surface area contributed by atoms with Crippen LogP contribution in [0, 0.1) is 0 Å². The summed E-state index contributed by atoms with van der Waals surface area (Å²) < 4.78 is 1.75. The first-order valence-electron chi connectivity index (χ1n) is 9.80. The molecule has 0 unspecified atom stereocenters. The smallest absolute Gasteiger partial charge is 0.325 e. The highest BCUT2D eigenvalue weighted by molar-refractivity contribution is 8.00. The number of nitrogens with one attached hydrogen (secondary N) is 1. The average Bonchev–Trinajstić information content (AvgIpc) is 2.77. The van der Waals surface area contributed by atoms with E-state index in [1.165, 1.54) is 11.8 Å². The number of amides is 1. The van der Waals surface area contributed by atoms with Gasteiger partial charge in [0.2, 0.25) is 5.91 Å². The topological polar surface area (TPSA) is 76.9 Å². The van der Waals surface area contributed by atoms with E-state index >= 15 is 0 Å². The Kier molecular flexibility index (Phi) is 6.50. The maximum absolute atomic E-state index is 12.8. The number of anilines is 1. The number of carbonyl (C=O) groups is 1. The summed E-state index contributed by atoms with van der Waals surface area (Å²) in [6, 6.07) is 10.8. The predicted molar refractivity (Wildman–Crippen MR) is 119 cm³/mol. The lowest BCUT2D eigenvalue weighted by Gasteiger charge is -2.22. The largest absolute Gasteiger partial charge is 0.349 e. The minimum Gasteiger partial charge on any atom is -0.325 e. The van der Waals surface area contributed by atoms with Crippen molar-refractivity contribution in [2.75, 3.05) is 11.1 Å². The van der Waals surface area contributed by atoms with E-state index in [9.17, 15) is 9.59 Å². The lowest BCUT2D eigenvalue weighted by Crippen LogP contribution is -2.30. The van der Waals surface area contributed by atoms with Crippen LogP contribution in [-0.4, -0.2) is 26.2 Å². The van der Waals surface area contributed by atoms with Crippen molar-refractivity contribution >= 4 is 35.0 Å². The Morgan fingerprint density at radius 3 is 2.73 bits per heavy atom. The number of aromatic nitrogens is 3.